The van der Waals surface area contributed by atoms with Crippen molar-refractivity contribution < 1.29 is 9.84 Å². The van der Waals surface area contributed by atoms with E-state index in [1.165, 1.54) is 5.57 Å². The van der Waals surface area contributed by atoms with Gasteiger partial charge < -0.3 is 9.84 Å². The van der Waals surface area contributed by atoms with Gasteiger partial charge in [0.05, 0.1) is 13.7 Å². The molecular weight excluding hydrogens is 374 g/mol. The van der Waals surface area contributed by atoms with Gasteiger partial charge in [0.25, 0.3) is 0 Å². The second-order valence-electron chi connectivity index (χ2n) is 7.08. The Morgan fingerprint density at radius 3 is 2.73 bits per heavy atom. The van der Waals surface area contributed by atoms with E-state index in [9.17, 15) is 5.11 Å². The minimum Gasteiger partial charge on any atom is -0.494 e. The molecule has 5 heteroatoms. The summed E-state index contributed by atoms with van der Waals surface area (Å²) in [4.78, 5) is 13.5. The number of aromatic nitrogens is 2. The monoisotopic (exact) mass is 403 g/mol. The number of rotatable bonds is 8. The molecule has 30 heavy (non-hydrogen) atoms. The summed E-state index contributed by atoms with van der Waals surface area (Å²) in [5.74, 6) is 3.21. The highest BCUT2D eigenvalue weighted by atomic mass is 16.5. The van der Waals surface area contributed by atoms with Gasteiger partial charge in [-0.3, -0.25) is 4.99 Å². The van der Waals surface area contributed by atoms with Gasteiger partial charge >= 0.3 is 0 Å². The van der Waals surface area contributed by atoms with Gasteiger partial charge in [0.2, 0.25) is 0 Å². The van der Waals surface area contributed by atoms with Crippen molar-refractivity contribution in [2.45, 2.75) is 40.0 Å². The lowest BCUT2D eigenvalue weighted by Crippen LogP contribution is -2.03. The topological polar surface area (TPSA) is 67.6 Å². The lowest BCUT2D eigenvalue weighted by atomic mass is 9.94. The quantitative estimate of drug-likeness (QED) is 0.385. The molecule has 1 N–H and O–H groups in total. The first kappa shape index (κ1) is 23.1. The molecular formula is C25H29N3O2. The molecule has 0 aliphatic carbocycles. The number of terminal acetylenes is 1. The third kappa shape index (κ3) is 5.88. The molecule has 2 heterocycles. The maximum atomic E-state index is 9.27. The number of hydrogen-bond donors (Lipinski definition) is 1. The zero-order chi connectivity index (χ0) is 22.1. The highest BCUT2D eigenvalue weighted by Crippen LogP contribution is 2.32. The SMILES string of the molecule is C#Cc1cc(-c2nc(C(C)/C(C=C(C)CC)=C/N=C(C)CO)ccc2OC)ccn1. The minimum atomic E-state index is -0.0703. The Bertz CT molecular complexity index is 1010. The second kappa shape index (κ2) is 11.1. The number of nitrogens with zero attached hydrogens (tertiary/aromatic N) is 3. The van der Waals surface area contributed by atoms with E-state index >= 15 is 0 Å². The van der Waals surface area contributed by atoms with E-state index in [0.29, 0.717) is 22.8 Å². The third-order valence-corrected chi connectivity index (χ3v) is 4.86. The Kier molecular flexibility index (Phi) is 8.52. The number of aliphatic hydroxyl groups is 1. The van der Waals surface area contributed by atoms with Crippen LogP contribution in [0.4, 0.5) is 0 Å². The Morgan fingerprint density at radius 2 is 2.10 bits per heavy atom. The van der Waals surface area contributed by atoms with Crippen molar-refractivity contribution in [3.63, 3.8) is 0 Å². The molecule has 0 bridgehead atoms. The van der Waals surface area contributed by atoms with E-state index in [2.05, 4.69) is 42.7 Å². The third-order valence-electron chi connectivity index (χ3n) is 4.86. The first-order valence-corrected chi connectivity index (χ1v) is 9.92. The van der Waals surface area contributed by atoms with Gasteiger partial charge in [0, 0.05) is 35.3 Å². The molecule has 0 aliphatic rings. The highest BCUT2D eigenvalue weighted by Gasteiger charge is 2.16. The summed E-state index contributed by atoms with van der Waals surface area (Å²) in [6, 6.07) is 7.57. The average molecular weight is 404 g/mol. The molecule has 0 saturated carbocycles. The van der Waals surface area contributed by atoms with Gasteiger partial charge in [-0.05, 0) is 50.1 Å². The van der Waals surface area contributed by atoms with E-state index in [0.717, 1.165) is 23.3 Å². The van der Waals surface area contributed by atoms with Crippen LogP contribution in [-0.2, 0) is 0 Å². The number of pyridine rings is 2. The molecule has 0 fully saturated rings. The Balaban J connectivity index is 2.56. The fraction of sp³-hybridized carbons (Fsp3) is 0.320. The molecule has 0 aliphatic heterocycles. The summed E-state index contributed by atoms with van der Waals surface area (Å²) in [7, 11) is 1.62. The maximum absolute atomic E-state index is 9.27. The number of methoxy groups -OCH3 is 1. The Labute approximate surface area is 179 Å². The zero-order valence-corrected chi connectivity index (χ0v) is 18.3. The fourth-order valence-electron chi connectivity index (χ4n) is 2.79. The van der Waals surface area contributed by atoms with Crippen LogP contribution in [-0.4, -0.2) is 34.5 Å². The van der Waals surface area contributed by atoms with Crippen LogP contribution in [0.15, 0.2) is 58.9 Å². The number of allylic oxidation sites excluding steroid dienone is 3. The molecule has 0 amide bonds. The smallest absolute Gasteiger partial charge is 0.145 e. The molecule has 0 saturated heterocycles. The average Bonchev–Trinajstić information content (AvgIpc) is 2.80. The molecule has 5 nitrogen and oxygen atoms in total. The lowest BCUT2D eigenvalue weighted by molar-refractivity contribution is 0.357. The van der Waals surface area contributed by atoms with Crippen LogP contribution in [0, 0.1) is 12.3 Å². The van der Waals surface area contributed by atoms with Gasteiger partial charge in [0.15, 0.2) is 0 Å². The van der Waals surface area contributed by atoms with E-state index in [1.54, 1.807) is 20.2 Å². The summed E-state index contributed by atoms with van der Waals surface area (Å²) in [6.45, 7) is 8.03. The van der Waals surface area contributed by atoms with Gasteiger partial charge in [-0.15, -0.1) is 6.42 Å². The first-order valence-electron chi connectivity index (χ1n) is 9.92. The highest BCUT2D eigenvalue weighted by molar-refractivity contribution is 5.83. The summed E-state index contributed by atoms with van der Waals surface area (Å²) >= 11 is 0. The summed E-state index contributed by atoms with van der Waals surface area (Å²) in [5, 5.41) is 9.27. The van der Waals surface area contributed by atoms with Crippen LogP contribution in [0.5, 0.6) is 5.75 Å². The molecule has 2 aromatic heterocycles. The van der Waals surface area contributed by atoms with Crippen molar-refractivity contribution in [1.82, 2.24) is 9.97 Å². The summed E-state index contributed by atoms with van der Waals surface area (Å²) in [5.41, 5.74) is 5.91. The molecule has 156 valence electrons. The van der Waals surface area contributed by atoms with Gasteiger partial charge in [-0.25, -0.2) is 9.97 Å². The minimum absolute atomic E-state index is 0.0136. The molecule has 2 rings (SSSR count). The molecule has 2 aromatic rings. The van der Waals surface area contributed by atoms with Crippen LogP contribution in [0.25, 0.3) is 11.3 Å². The fourth-order valence-corrected chi connectivity index (χ4v) is 2.79. The largest absolute Gasteiger partial charge is 0.494 e. The lowest BCUT2D eigenvalue weighted by Gasteiger charge is -2.16. The van der Waals surface area contributed by atoms with Crippen LogP contribution in [0.2, 0.25) is 0 Å². The van der Waals surface area contributed by atoms with E-state index in [1.807, 2.05) is 30.5 Å². The standard InChI is InChI=1S/C25H29N3O2/c1-7-17(3)13-21(15-27-18(4)16-29)19(5)23-9-10-24(30-6)25(28-23)20-11-12-26-22(8-2)14-20/h2,9-15,19,29H,7,16H2,1,3-6H3/b17-13?,21-15+,27-18?. The summed E-state index contributed by atoms with van der Waals surface area (Å²) < 4.78 is 5.53. The van der Waals surface area contributed by atoms with Crippen LogP contribution >= 0.6 is 0 Å². The van der Waals surface area contributed by atoms with Crippen molar-refractivity contribution in [3.05, 3.63) is 65.3 Å². The van der Waals surface area contributed by atoms with Crippen molar-refractivity contribution in [2.75, 3.05) is 13.7 Å². The second-order valence-corrected chi connectivity index (χ2v) is 7.08. The number of hydrogen-bond acceptors (Lipinski definition) is 5. The first-order chi connectivity index (χ1) is 14.4. The predicted molar refractivity (Wildman–Crippen MR) is 123 cm³/mol. The van der Waals surface area contributed by atoms with Crippen LogP contribution in [0.3, 0.4) is 0 Å². The van der Waals surface area contributed by atoms with Crippen molar-refractivity contribution in [2.24, 2.45) is 4.99 Å². The molecule has 0 radical (unpaired) electrons. The van der Waals surface area contributed by atoms with E-state index < -0.39 is 0 Å². The Hall–Kier alpha value is -3.23. The van der Waals surface area contributed by atoms with Gasteiger partial charge in [-0.1, -0.05) is 31.4 Å². The molecule has 1 unspecified atom stereocenters. The number of aliphatic imine (C=N–C) groups is 1. The molecule has 1 atom stereocenters. The van der Waals surface area contributed by atoms with Crippen molar-refractivity contribution in [1.29, 1.82) is 0 Å². The molecule has 0 aromatic carbocycles. The van der Waals surface area contributed by atoms with Gasteiger partial charge in [0.1, 0.15) is 17.1 Å². The van der Waals surface area contributed by atoms with E-state index in [4.69, 9.17) is 16.1 Å². The Morgan fingerprint density at radius 1 is 1.33 bits per heavy atom. The van der Waals surface area contributed by atoms with E-state index in [-0.39, 0.29) is 12.5 Å². The number of aliphatic hydroxyl groups excluding tert-OH is 1. The van der Waals surface area contributed by atoms with Crippen LogP contribution < -0.4 is 4.74 Å². The molecule has 0 spiro atoms. The number of ether oxygens (including phenoxy) is 1. The van der Waals surface area contributed by atoms with Crippen molar-refractivity contribution in [3.8, 4) is 29.4 Å². The maximum Gasteiger partial charge on any atom is 0.145 e. The zero-order valence-electron chi connectivity index (χ0n) is 18.3. The van der Waals surface area contributed by atoms with Crippen LogP contribution in [0.1, 0.15) is 51.4 Å². The normalized spacial score (nSPS) is 13.7. The van der Waals surface area contributed by atoms with Gasteiger partial charge in [-0.2, -0.15) is 0 Å². The predicted octanol–water partition coefficient (Wildman–Crippen LogP) is 4.93. The summed E-state index contributed by atoms with van der Waals surface area (Å²) in [6.07, 6.45) is 12.1. The van der Waals surface area contributed by atoms with Crippen molar-refractivity contribution >= 4 is 5.71 Å².